The van der Waals surface area contributed by atoms with Gasteiger partial charge in [0.25, 0.3) is 5.91 Å². The molecule has 0 spiro atoms. The fourth-order valence-electron chi connectivity index (χ4n) is 2.36. The molecule has 0 saturated carbocycles. The Balaban J connectivity index is 1.78. The Labute approximate surface area is 128 Å². The molecular weight excluding hydrogens is 276 g/mol. The molecule has 0 saturated heterocycles. The van der Waals surface area contributed by atoms with Gasteiger partial charge in [0.2, 0.25) is 0 Å². The van der Waals surface area contributed by atoms with Gasteiger partial charge in [-0.1, -0.05) is 31.2 Å². The maximum atomic E-state index is 11.8. The van der Waals surface area contributed by atoms with Gasteiger partial charge >= 0.3 is 0 Å². The van der Waals surface area contributed by atoms with Crippen LogP contribution >= 0.6 is 0 Å². The van der Waals surface area contributed by atoms with E-state index in [1.807, 2.05) is 18.3 Å². The highest BCUT2D eigenvalue weighted by atomic mass is 16.2. The molecule has 2 N–H and O–H groups in total. The number of aryl methyl sites for hydroxylation is 1. The van der Waals surface area contributed by atoms with E-state index in [0.717, 1.165) is 22.9 Å². The third-order valence-corrected chi connectivity index (χ3v) is 3.48. The Morgan fingerprint density at radius 2 is 2.23 bits per heavy atom. The zero-order valence-corrected chi connectivity index (χ0v) is 12.2. The molecule has 0 fully saturated rings. The van der Waals surface area contributed by atoms with Crippen molar-refractivity contribution in [1.29, 1.82) is 0 Å². The fourth-order valence-corrected chi connectivity index (χ4v) is 2.36. The van der Waals surface area contributed by atoms with Gasteiger partial charge in [0.05, 0.1) is 6.21 Å². The van der Waals surface area contributed by atoms with Crippen molar-refractivity contribution in [2.45, 2.75) is 13.3 Å². The Bertz CT molecular complexity index is 821. The molecule has 0 aliphatic carbocycles. The highest BCUT2D eigenvalue weighted by Crippen LogP contribution is 2.20. The number of hydrazone groups is 1. The molecular formula is C17H16N4O. The molecule has 0 bridgehead atoms. The summed E-state index contributed by atoms with van der Waals surface area (Å²) in [5.74, 6) is -0.328. The zero-order chi connectivity index (χ0) is 15.4. The number of hydrogen-bond acceptors (Lipinski definition) is 3. The van der Waals surface area contributed by atoms with Gasteiger partial charge in [-0.05, 0) is 24.1 Å². The molecule has 5 heteroatoms. The standard InChI is InChI=1S/C17H16N4O/c1-2-12-6-5-7-14-13(10-19-16(12)14)11-20-21-17(22)15-8-3-4-9-18-15/h3-11,19H,2H2,1H3,(H,21,22)/b20-11+. The van der Waals surface area contributed by atoms with E-state index in [1.165, 1.54) is 5.56 Å². The first-order chi connectivity index (χ1) is 10.8. The molecule has 0 unspecified atom stereocenters. The van der Waals surface area contributed by atoms with Crippen LogP contribution in [0, 0.1) is 0 Å². The molecule has 3 aromatic rings. The quantitative estimate of drug-likeness (QED) is 0.573. The van der Waals surface area contributed by atoms with E-state index < -0.39 is 0 Å². The van der Waals surface area contributed by atoms with Gasteiger partial charge in [0, 0.05) is 28.9 Å². The number of H-pyrrole nitrogens is 1. The number of benzene rings is 1. The normalized spacial score (nSPS) is 11.1. The van der Waals surface area contributed by atoms with E-state index in [2.05, 4.69) is 33.5 Å². The van der Waals surface area contributed by atoms with Crippen molar-refractivity contribution in [1.82, 2.24) is 15.4 Å². The number of carbonyl (C=O) groups excluding carboxylic acids is 1. The summed E-state index contributed by atoms with van der Waals surface area (Å²) >= 11 is 0. The number of para-hydroxylation sites is 1. The van der Waals surface area contributed by atoms with E-state index in [9.17, 15) is 4.79 Å². The monoisotopic (exact) mass is 292 g/mol. The minimum absolute atomic E-state index is 0.328. The zero-order valence-electron chi connectivity index (χ0n) is 12.2. The van der Waals surface area contributed by atoms with E-state index in [-0.39, 0.29) is 5.91 Å². The van der Waals surface area contributed by atoms with Crippen LogP contribution in [0.25, 0.3) is 10.9 Å². The minimum Gasteiger partial charge on any atom is -0.360 e. The van der Waals surface area contributed by atoms with Crippen LogP contribution in [0.2, 0.25) is 0 Å². The SMILES string of the molecule is CCc1cccc2c(/C=N/NC(=O)c3ccccn3)c[nH]c12. The number of fused-ring (bicyclic) bond motifs is 1. The molecule has 22 heavy (non-hydrogen) atoms. The summed E-state index contributed by atoms with van der Waals surface area (Å²) in [6, 6.07) is 11.3. The van der Waals surface area contributed by atoms with Gasteiger partial charge < -0.3 is 4.98 Å². The predicted molar refractivity (Wildman–Crippen MR) is 87.0 cm³/mol. The van der Waals surface area contributed by atoms with E-state index in [4.69, 9.17) is 0 Å². The molecule has 0 aliphatic heterocycles. The van der Waals surface area contributed by atoms with E-state index in [0.29, 0.717) is 5.69 Å². The fraction of sp³-hybridized carbons (Fsp3) is 0.118. The van der Waals surface area contributed by atoms with Crippen molar-refractivity contribution in [2.75, 3.05) is 0 Å². The lowest BCUT2D eigenvalue weighted by atomic mass is 10.1. The van der Waals surface area contributed by atoms with Gasteiger partial charge in [0.15, 0.2) is 0 Å². The summed E-state index contributed by atoms with van der Waals surface area (Å²) in [5, 5.41) is 5.10. The predicted octanol–water partition coefficient (Wildman–Crippen LogP) is 2.89. The van der Waals surface area contributed by atoms with Crippen molar-refractivity contribution in [3.63, 3.8) is 0 Å². The number of carbonyl (C=O) groups is 1. The number of nitrogens with zero attached hydrogens (tertiary/aromatic N) is 2. The number of hydrogen-bond donors (Lipinski definition) is 2. The minimum atomic E-state index is -0.328. The molecule has 0 aliphatic rings. The molecule has 2 heterocycles. The summed E-state index contributed by atoms with van der Waals surface area (Å²) in [7, 11) is 0. The number of nitrogens with one attached hydrogen (secondary N) is 2. The maximum Gasteiger partial charge on any atom is 0.289 e. The van der Waals surface area contributed by atoms with Crippen LogP contribution in [-0.4, -0.2) is 22.1 Å². The summed E-state index contributed by atoms with van der Waals surface area (Å²) in [6.07, 6.45) is 6.06. The number of rotatable bonds is 4. The third kappa shape index (κ3) is 2.74. The van der Waals surface area contributed by atoms with Crippen molar-refractivity contribution in [2.24, 2.45) is 5.10 Å². The maximum absolute atomic E-state index is 11.8. The largest absolute Gasteiger partial charge is 0.360 e. The van der Waals surface area contributed by atoms with Crippen LogP contribution in [0.15, 0.2) is 53.9 Å². The first-order valence-electron chi connectivity index (χ1n) is 7.13. The molecule has 0 atom stereocenters. The van der Waals surface area contributed by atoms with Gasteiger partial charge in [0.1, 0.15) is 5.69 Å². The molecule has 5 nitrogen and oxygen atoms in total. The number of pyridine rings is 1. The smallest absolute Gasteiger partial charge is 0.289 e. The van der Waals surface area contributed by atoms with E-state index >= 15 is 0 Å². The first-order valence-corrected chi connectivity index (χ1v) is 7.13. The van der Waals surface area contributed by atoms with Crippen molar-refractivity contribution in [3.05, 3.63) is 65.6 Å². The lowest BCUT2D eigenvalue weighted by molar-refractivity contribution is 0.0950. The first kappa shape index (κ1) is 14.0. The van der Waals surface area contributed by atoms with Crippen LogP contribution in [-0.2, 0) is 6.42 Å². The third-order valence-electron chi connectivity index (χ3n) is 3.48. The Hall–Kier alpha value is -2.95. The average molecular weight is 292 g/mol. The second kappa shape index (κ2) is 6.22. The molecule has 110 valence electrons. The van der Waals surface area contributed by atoms with Crippen LogP contribution in [0.5, 0.6) is 0 Å². The summed E-state index contributed by atoms with van der Waals surface area (Å²) in [6.45, 7) is 2.12. The lowest BCUT2D eigenvalue weighted by Gasteiger charge is -1.99. The average Bonchev–Trinajstić information content (AvgIpc) is 2.99. The molecule has 1 aromatic carbocycles. The lowest BCUT2D eigenvalue weighted by Crippen LogP contribution is -2.18. The summed E-state index contributed by atoms with van der Waals surface area (Å²) in [5.41, 5.74) is 6.13. The van der Waals surface area contributed by atoms with Crippen molar-refractivity contribution in [3.8, 4) is 0 Å². The summed E-state index contributed by atoms with van der Waals surface area (Å²) < 4.78 is 0. The van der Waals surface area contributed by atoms with Crippen LogP contribution in [0.1, 0.15) is 28.5 Å². The van der Waals surface area contributed by atoms with Gasteiger partial charge in [-0.15, -0.1) is 0 Å². The molecule has 0 radical (unpaired) electrons. The van der Waals surface area contributed by atoms with Crippen LogP contribution in [0.3, 0.4) is 0 Å². The molecule has 1 amide bonds. The second-order valence-corrected chi connectivity index (χ2v) is 4.85. The van der Waals surface area contributed by atoms with E-state index in [1.54, 1.807) is 30.6 Å². The van der Waals surface area contributed by atoms with Crippen molar-refractivity contribution >= 4 is 23.0 Å². The van der Waals surface area contributed by atoms with Gasteiger partial charge in [-0.3, -0.25) is 9.78 Å². The van der Waals surface area contributed by atoms with Gasteiger partial charge in [-0.25, -0.2) is 5.43 Å². The Morgan fingerprint density at radius 1 is 1.32 bits per heavy atom. The second-order valence-electron chi connectivity index (χ2n) is 4.85. The summed E-state index contributed by atoms with van der Waals surface area (Å²) in [4.78, 5) is 19.1. The molecule has 2 aromatic heterocycles. The number of aromatic amines is 1. The Kier molecular flexibility index (Phi) is 3.96. The highest BCUT2D eigenvalue weighted by Gasteiger charge is 2.06. The highest BCUT2D eigenvalue weighted by molar-refractivity contribution is 6.00. The molecule has 3 rings (SSSR count). The van der Waals surface area contributed by atoms with Gasteiger partial charge in [-0.2, -0.15) is 5.10 Å². The van der Waals surface area contributed by atoms with Crippen LogP contribution in [0.4, 0.5) is 0 Å². The topological polar surface area (TPSA) is 70.1 Å². The van der Waals surface area contributed by atoms with Crippen LogP contribution < -0.4 is 5.43 Å². The Morgan fingerprint density at radius 3 is 3.00 bits per heavy atom. The number of amides is 1. The van der Waals surface area contributed by atoms with Crippen molar-refractivity contribution < 1.29 is 4.79 Å². The number of aromatic nitrogens is 2.